The molecule has 0 nitrogen and oxygen atoms in total. The van der Waals surface area contributed by atoms with E-state index in [4.69, 9.17) is 0 Å². The Morgan fingerprint density at radius 3 is 2.18 bits per heavy atom. The number of unbranched alkanes of at least 4 members (excludes halogenated alkanes) is 1. The van der Waals surface area contributed by atoms with Crippen LogP contribution in [0.15, 0.2) is 91.0 Å². The van der Waals surface area contributed by atoms with Crippen molar-refractivity contribution < 1.29 is 4.39 Å². The molecular weight excluding hydrogens is 415 g/mol. The van der Waals surface area contributed by atoms with E-state index in [0.29, 0.717) is 10.9 Å². The minimum absolute atomic E-state index is 0.238. The first kappa shape index (κ1) is 23.5. The van der Waals surface area contributed by atoms with Crippen molar-refractivity contribution in [2.45, 2.75) is 46.0 Å². The van der Waals surface area contributed by atoms with Crippen LogP contribution in [0.2, 0.25) is 0 Å². The van der Waals surface area contributed by atoms with E-state index in [9.17, 15) is 0 Å². The topological polar surface area (TPSA) is 0 Å². The third kappa shape index (κ3) is 5.83. The molecule has 4 aromatic rings. The Morgan fingerprint density at radius 1 is 0.765 bits per heavy atom. The van der Waals surface area contributed by atoms with Crippen molar-refractivity contribution >= 4 is 10.8 Å². The highest BCUT2D eigenvalue weighted by molar-refractivity contribution is 5.85. The van der Waals surface area contributed by atoms with Gasteiger partial charge in [0.05, 0.1) is 5.56 Å². The van der Waals surface area contributed by atoms with Crippen LogP contribution in [0, 0.1) is 17.7 Å². The van der Waals surface area contributed by atoms with Gasteiger partial charge in [0.2, 0.25) is 0 Å². The molecule has 0 aromatic heterocycles. The molecule has 4 aromatic carbocycles. The van der Waals surface area contributed by atoms with Crippen molar-refractivity contribution in [2.24, 2.45) is 0 Å². The standard InChI is InChI=1S/C33H31F/c1-3-5-7-9-25-10-16-28(17-11-25)29-18-12-26(13-19-29)14-20-30-21-22-31-24-27(8-6-4-2)15-23-32(31)33(30)34/h3,5,10-13,15-19,21-24H,4,6-9H2,1-2H3/b5-3+. The average Bonchev–Trinajstić information content (AvgIpc) is 2.88. The molecule has 0 bridgehead atoms. The fourth-order valence-corrected chi connectivity index (χ4v) is 4.14. The van der Waals surface area contributed by atoms with E-state index < -0.39 is 0 Å². The van der Waals surface area contributed by atoms with Gasteiger partial charge in [0.25, 0.3) is 0 Å². The van der Waals surface area contributed by atoms with Crippen molar-refractivity contribution in [3.8, 4) is 23.0 Å². The number of fused-ring (bicyclic) bond motifs is 1. The van der Waals surface area contributed by atoms with Crippen LogP contribution in [0.4, 0.5) is 4.39 Å². The molecule has 0 amide bonds. The summed E-state index contributed by atoms with van der Waals surface area (Å²) in [5.74, 6) is 5.92. The van der Waals surface area contributed by atoms with Crippen molar-refractivity contribution in [2.75, 3.05) is 0 Å². The normalized spacial score (nSPS) is 11.0. The van der Waals surface area contributed by atoms with E-state index in [2.05, 4.69) is 80.3 Å². The van der Waals surface area contributed by atoms with E-state index in [1.165, 1.54) is 16.7 Å². The number of aryl methyl sites for hydroxylation is 2. The molecule has 0 saturated heterocycles. The molecule has 34 heavy (non-hydrogen) atoms. The summed E-state index contributed by atoms with van der Waals surface area (Å²) >= 11 is 0. The van der Waals surface area contributed by atoms with Crippen LogP contribution in [-0.4, -0.2) is 0 Å². The Morgan fingerprint density at radius 2 is 1.47 bits per heavy atom. The highest BCUT2D eigenvalue weighted by Gasteiger charge is 2.06. The molecule has 0 aliphatic carbocycles. The molecule has 0 spiro atoms. The van der Waals surface area contributed by atoms with E-state index in [1.54, 1.807) is 6.07 Å². The van der Waals surface area contributed by atoms with Gasteiger partial charge in [-0.25, -0.2) is 4.39 Å². The van der Waals surface area contributed by atoms with Crippen molar-refractivity contribution in [3.63, 3.8) is 0 Å². The summed E-state index contributed by atoms with van der Waals surface area (Å²) in [5, 5.41) is 1.57. The second-order valence-corrected chi connectivity index (χ2v) is 8.72. The van der Waals surface area contributed by atoms with Gasteiger partial charge < -0.3 is 0 Å². The van der Waals surface area contributed by atoms with Crippen molar-refractivity contribution in [1.82, 2.24) is 0 Å². The lowest BCUT2D eigenvalue weighted by molar-refractivity contribution is 0.636. The van der Waals surface area contributed by atoms with Crippen LogP contribution in [0.25, 0.3) is 21.9 Å². The van der Waals surface area contributed by atoms with Gasteiger partial charge in [-0.15, -0.1) is 0 Å². The van der Waals surface area contributed by atoms with Crippen LogP contribution < -0.4 is 0 Å². The van der Waals surface area contributed by atoms with Gasteiger partial charge >= 0.3 is 0 Å². The largest absolute Gasteiger partial charge is 0.205 e. The molecular formula is C33H31F. The highest BCUT2D eigenvalue weighted by atomic mass is 19.1. The Bertz CT molecular complexity index is 1330. The van der Waals surface area contributed by atoms with Crippen LogP contribution in [0.3, 0.4) is 0 Å². The first-order valence-electron chi connectivity index (χ1n) is 12.2. The number of rotatable bonds is 7. The van der Waals surface area contributed by atoms with E-state index >= 15 is 4.39 Å². The van der Waals surface area contributed by atoms with Crippen LogP contribution in [0.5, 0.6) is 0 Å². The number of hydrogen-bond donors (Lipinski definition) is 0. The molecule has 0 N–H and O–H groups in total. The van der Waals surface area contributed by atoms with Gasteiger partial charge in [-0.3, -0.25) is 0 Å². The molecule has 0 aliphatic rings. The second-order valence-electron chi connectivity index (χ2n) is 8.72. The molecule has 0 fully saturated rings. The number of allylic oxidation sites excluding steroid dienone is 2. The molecule has 0 aliphatic heterocycles. The number of hydrogen-bond acceptors (Lipinski definition) is 0. The Hall–Kier alpha value is -3.63. The second kappa shape index (κ2) is 11.5. The van der Waals surface area contributed by atoms with E-state index in [0.717, 1.165) is 48.6 Å². The Kier molecular flexibility index (Phi) is 7.95. The minimum atomic E-state index is -0.238. The van der Waals surface area contributed by atoms with Gasteiger partial charge in [0.15, 0.2) is 0 Å². The molecule has 170 valence electrons. The lowest BCUT2D eigenvalue weighted by Crippen LogP contribution is -1.90. The van der Waals surface area contributed by atoms with Gasteiger partial charge in [-0.05, 0) is 78.4 Å². The average molecular weight is 447 g/mol. The highest BCUT2D eigenvalue weighted by Crippen LogP contribution is 2.24. The van der Waals surface area contributed by atoms with Gasteiger partial charge in [0.1, 0.15) is 5.82 Å². The maximum atomic E-state index is 15.1. The fourth-order valence-electron chi connectivity index (χ4n) is 4.14. The minimum Gasteiger partial charge on any atom is -0.205 e. The summed E-state index contributed by atoms with van der Waals surface area (Å²) in [6.45, 7) is 4.24. The summed E-state index contributed by atoms with van der Waals surface area (Å²) in [6, 6.07) is 26.7. The van der Waals surface area contributed by atoms with Gasteiger partial charge in [-0.1, -0.05) is 98.0 Å². The third-order valence-corrected chi connectivity index (χ3v) is 6.19. The summed E-state index contributed by atoms with van der Waals surface area (Å²) in [4.78, 5) is 0. The Balaban J connectivity index is 1.48. The summed E-state index contributed by atoms with van der Waals surface area (Å²) in [6.07, 6.45) is 9.76. The monoisotopic (exact) mass is 446 g/mol. The molecule has 0 radical (unpaired) electrons. The SMILES string of the molecule is C/C=C/CCc1ccc(-c2ccc(C#Cc3ccc4cc(CCCC)ccc4c3F)cc2)cc1. The molecule has 0 saturated carbocycles. The van der Waals surface area contributed by atoms with Crippen LogP contribution >= 0.6 is 0 Å². The zero-order valence-corrected chi connectivity index (χ0v) is 20.1. The number of benzene rings is 4. The van der Waals surface area contributed by atoms with Crippen molar-refractivity contribution in [3.05, 3.63) is 119 Å². The lowest BCUT2D eigenvalue weighted by atomic mass is 10.00. The molecule has 0 heterocycles. The summed E-state index contributed by atoms with van der Waals surface area (Å²) in [5.41, 5.74) is 6.26. The predicted molar refractivity (Wildman–Crippen MR) is 144 cm³/mol. The maximum Gasteiger partial charge on any atom is 0.146 e. The predicted octanol–water partition coefficient (Wildman–Crippen LogP) is 8.90. The first-order chi connectivity index (χ1) is 16.7. The molecule has 0 atom stereocenters. The molecule has 0 unspecified atom stereocenters. The summed E-state index contributed by atoms with van der Waals surface area (Å²) in [7, 11) is 0. The van der Waals surface area contributed by atoms with E-state index in [-0.39, 0.29) is 5.82 Å². The fraction of sp³-hybridized carbons (Fsp3) is 0.212. The zero-order chi connectivity index (χ0) is 23.8. The van der Waals surface area contributed by atoms with Gasteiger partial charge in [0, 0.05) is 10.9 Å². The third-order valence-electron chi connectivity index (χ3n) is 6.19. The molecule has 4 rings (SSSR count). The smallest absolute Gasteiger partial charge is 0.146 e. The van der Waals surface area contributed by atoms with Crippen molar-refractivity contribution in [1.29, 1.82) is 0 Å². The summed E-state index contributed by atoms with van der Waals surface area (Å²) < 4.78 is 15.1. The van der Waals surface area contributed by atoms with Gasteiger partial charge in [-0.2, -0.15) is 0 Å². The van der Waals surface area contributed by atoms with Crippen LogP contribution in [0.1, 0.15) is 55.4 Å². The number of halogens is 1. The first-order valence-corrected chi connectivity index (χ1v) is 12.2. The maximum absolute atomic E-state index is 15.1. The van der Waals surface area contributed by atoms with E-state index in [1.807, 2.05) is 30.3 Å². The zero-order valence-electron chi connectivity index (χ0n) is 20.1. The quantitative estimate of drug-likeness (QED) is 0.196. The Labute approximate surface area is 203 Å². The molecule has 1 heteroatoms. The lowest BCUT2D eigenvalue weighted by Gasteiger charge is -2.05. The van der Waals surface area contributed by atoms with Crippen LogP contribution in [-0.2, 0) is 12.8 Å².